The third-order valence-corrected chi connectivity index (χ3v) is 6.75. The summed E-state index contributed by atoms with van der Waals surface area (Å²) < 4.78 is 0. The molecule has 1 amide bonds. The van der Waals surface area contributed by atoms with Gasteiger partial charge in [0.25, 0.3) is 5.91 Å². The van der Waals surface area contributed by atoms with Crippen molar-refractivity contribution in [2.75, 3.05) is 11.9 Å². The number of carbonyl (C=O) groups is 1. The molecule has 5 heteroatoms. The maximum absolute atomic E-state index is 12.8. The Labute approximate surface area is 189 Å². The topological polar surface area (TPSA) is 35.9 Å². The second kappa shape index (κ2) is 8.04. The van der Waals surface area contributed by atoms with Crippen molar-refractivity contribution in [1.29, 1.82) is 0 Å². The van der Waals surface area contributed by atoms with Crippen LogP contribution in [0.15, 0.2) is 64.5 Å². The first-order valence-corrected chi connectivity index (χ1v) is 11.4. The lowest BCUT2D eigenvalue weighted by Gasteiger charge is -2.46. The van der Waals surface area contributed by atoms with Crippen LogP contribution in [0.4, 0.5) is 11.4 Å². The van der Waals surface area contributed by atoms with E-state index in [-0.39, 0.29) is 11.4 Å². The number of hydrogen-bond donors (Lipinski definition) is 0. The molecule has 4 rings (SSSR count). The Morgan fingerprint density at radius 3 is 2.48 bits per heavy atom. The van der Waals surface area contributed by atoms with E-state index >= 15 is 0 Å². The largest absolute Gasteiger partial charge is 0.360 e. The van der Waals surface area contributed by atoms with Crippen LogP contribution >= 0.6 is 11.8 Å². The molecule has 0 bridgehead atoms. The van der Waals surface area contributed by atoms with Gasteiger partial charge in [-0.2, -0.15) is 0 Å². The van der Waals surface area contributed by atoms with Crippen molar-refractivity contribution >= 4 is 45.9 Å². The van der Waals surface area contributed by atoms with Crippen LogP contribution in [0.1, 0.15) is 45.7 Å². The fraction of sp³-hybridized carbons (Fsp3) is 0.308. The summed E-state index contributed by atoms with van der Waals surface area (Å²) in [6.45, 7) is 11.1. The molecule has 0 spiro atoms. The molecule has 0 atom stereocenters. The highest BCUT2D eigenvalue weighted by Crippen LogP contribution is 2.41. The molecule has 0 unspecified atom stereocenters. The summed E-state index contributed by atoms with van der Waals surface area (Å²) >= 11 is 1.42. The standard InChI is InChI=1S/C26H29N3OS/c1-17(2)29-22-13-12-19(14-21(22)18(3)16-26(29,4)5)15-23-24(30)28(6)25(31-23)27-20-10-8-7-9-11-20/h7-17H,1-6H3/b23-15-,27-25?. The van der Waals surface area contributed by atoms with Crippen molar-refractivity contribution in [1.82, 2.24) is 4.90 Å². The van der Waals surface area contributed by atoms with Gasteiger partial charge in [-0.1, -0.05) is 30.3 Å². The number of aliphatic imine (C=N–C) groups is 1. The Hall–Kier alpha value is -2.79. The summed E-state index contributed by atoms with van der Waals surface area (Å²) in [5.74, 6) is -0.0189. The van der Waals surface area contributed by atoms with Crippen molar-refractivity contribution < 1.29 is 4.79 Å². The number of rotatable bonds is 3. The quantitative estimate of drug-likeness (QED) is 0.533. The van der Waals surface area contributed by atoms with E-state index in [0.717, 1.165) is 11.3 Å². The normalized spacial score (nSPS) is 20.6. The lowest BCUT2D eigenvalue weighted by molar-refractivity contribution is -0.121. The lowest BCUT2D eigenvalue weighted by atomic mass is 9.87. The van der Waals surface area contributed by atoms with Crippen molar-refractivity contribution in [2.45, 2.75) is 46.2 Å². The Bertz CT molecular complexity index is 1110. The number of allylic oxidation sites excluding steroid dienone is 1. The molecule has 2 aromatic carbocycles. The van der Waals surface area contributed by atoms with E-state index in [9.17, 15) is 4.79 Å². The molecular formula is C26H29N3OS. The molecule has 0 aliphatic carbocycles. The molecule has 0 saturated carbocycles. The van der Waals surface area contributed by atoms with Crippen LogP contribution in [0.3, 0.4) is 0 Å². The van der Waals surface area contributed by atoms with Gasteiger partial charge in [0.1, 0.15) is 0 Å². The van der Waals surface area contributed by atoms with Gasteiger partial charge in [0.2, 0.25) is 0 Å². The number of para-hydroxylation sites is 1. The number of thioether (sulfide) groups is 1. The Balaban J connectivity index is 1.68. The first-order valence-electron chi connectivity index (χ1n) is 10.6. The second-order valence-electron chi connectivity index (χ2n) is 8.93. The molecule has 1 fully saturated rings. The number of benzene rings is 2. The molecule has 0 N–H and O–H groups in total. The van der Waals surface area contributed by atoms with Gasteiger partial charge in [0.15, 0.2) is 5.17 Å². The van der Waals surface area contributed by atoms with Crippen molar-refractivity contribution in [3.05, 3.63) is 70.6 Å². The van der Waals surface area contributed by atoms with Gasteiger partial charge in [-0.15, -0.1) is 0 Å². The van der Waals surface area contributed by atoms with E-state index in [0.29, 0.717) is 16.1 Å². The highest BCUT2D eigenvalue weighted by atomic mass is 32.2. The Morgan fingerprint density at radius 1 is 1.10 bits per heavy atom. The summed E-state index contributed by atoms with van der Waals surface area (Å²) in [4.78, 5) is 22.2. The maximum atomic E-state index is 12.8. The van der Waals surface area contributed by atoms with E-state index in [1.807, 2.05) is 36.4 Å². The third-order valence-electron chi connectivity index (χ3n) is 5.69. The van der Waals surface area contributed by atoms with Crippen LogP contribution in [-0.4, -0.2) is 34.6 Å². The predicted octanol–water partition coefficient (Wildman–Crippen LogP) is 6.33. The Morgan fingerprint density at radius 2 is 1.81 bits per heavy atom. The number of anilines is 1. The maximum Gasteiger partial charge on any atom is 0.266 e. The molecule has 4 nitrogen and oxygen atoms in total. The predicted molar refractivity (Wildman–Crippen MR) is 134 cm³/mol. The summed E-state index contributed by atoms with van der Waals surface area (Å²) in [7, 11) is 1.78. The summed E-state index contributed by atoms with van der Waals surface area (Å²) in [5, 5.41) is 0.698. The number of nitrogens with zero attached hydrogens (tertiary/aromatic N) is 3. The van der Waals surface area contributed by atoms with Crippen molar-refractivity contribution in [2.24, 2.45) is 4.99 Å². The molecule has 1 saturated heterocycles. The fourth-order valence-electron chi connectivity index (χ4n) is 4.52. The van der Waals surface area contributed by atoms with Crippen LogP contribution in [0.25, 0.3) is 11.6 Å². The first-order chi connectivity index (χ1) is 14.7. The molecule has 0 aromatic heterocycles. The number of amides is 1. The van der Waals surface area contributed by atoms with Crippen molar-refractivity contribution in [3.63, 3.8) is 0 Å². The number of carbonyl (C=O) groups excluding carboxylic acids is 1. The minimum Gasteiger partial charge on any atom is -0.360 e. The van der Waals surface area contributed by atoms with Crippen molar-refractivity contribution in [3.8, 4) is 0 Å². The smallest absolute Gasteiger partial charge is 0.266 e. The van der Waals surface area contributed by atoms with Crippen LogP contribution in [0.5, 0.6) is 0 Å². The van der Waals surface area contributed by atoms with Gasteiger partial charge < -0.3 is 4.90 Å². The highest BCUT2D eigenvalue weighted by Gasteiger charge is 2.33. The van der Waals surface area contributed by atoms with Gasteiger partial charge in [-0.25, -0.2) is 4.99 Å². The van der Waals surface area contributed by atoms with E-state index in [1.165, 1.54) is 28.6 Å². The van der Waals surface area contributed by atoms with E-state index in [4.69, 9.17) is 0 Å². The molecule has 2 aliphatic heterocycles. The Kier molecular flexibility index (Phi) is 5.56. The van der Waals surface area contributed by atoms with Crippen LogP contribution in [0, 0.1) is 0 Å². The van der Waals surface area contributed by atoms with Gasteiger partial charge >= 0.3 is 0 Å². The minimum atomic E-state index is -0.0337. The SMILES string of the molecule is CC1=CC(C)(C)N(C(C)C)c2ccc(/C=C3\SC(=Nc4ccccc4)N(C)C3=O)cc21. The minimum absolute atomic E-state index is 0.0189. The molecule has 0 radical (unpaired) electrons. The molecular weight excluding hydrogens is 402 g/mol. The zero-order chi connectivity index (χ0) is 22.3. The molecule has 31 heavy (non-hydrogen) atoms. The first kappa shape index (κ1) is 21.4. The van der Waals surface area contributed by atoms with E-state index in [2.05, 4.69) is 68.8 Å². The van der Waals surface area contributed by atoms with E-state index < -0.39 is 0 Å². The van der Waals surface area contributed by atoms with Gasteiger partial charge in [-0.3, -0.25) is 9.69 Å². The molecule has 2 aliphatic rings. The monoisotopic (exact) mass is 431 g/mol. The fourth-order valence-corrected chi connectivity index (χ4v) is 5.50. The summed E-state index contributed by atoms with van der Waals surface area (Å²) in [6.07, 6.45) is 4.31. The molecule has 160 valence electrons. The van der Waals surface area contributed by atoms with E-state index in [1.54, 1.807) is 11.9 Å². The van der Waals surface area contributed by atoms with Gasteiger partial charge in [0, 0.05) is 24.3 Å². The van der Waals surface area contributed by atoms with Crippen LogP contribution < -0.4 is 4.90 Å². The summed E-state index contributed by atoms with van der Waals surface area (Å²) in [6, 6.07) is 16.6. The zero-order valence-electron chi connectivity index (χ0n) is 19.0. The summed E-state index contributed by atoms with van der Waals surface area (Å²) in [5.41, 5.74) is 5.58. The number of fused-ring (bicyclic) bond motifs is 1. The number of likely N-dealkylation sites (N-methyl/N-ethyl adjacent to an activating group) is 1. The van der Waals surface area contributed by atoms with Crippen LogP contribution in [0.2, 0.25) is 0 Å². The number of amidine groups is 1. The zero-order valence-corrected chi connectivity index (χ0v) is 19.8. The average Bonchev–Trinajstić information content (AvgIpc) is 2.96. The van der Waals surface area contributed by atoms with Crippen LogP contribution in [-0.2, 0) is 4.79 Å². The van der Waals surface area contributed by atoms with Gasteiger partial charge in [0.05, 0.1) is 16.1 Å². The second-order valence-corrected chi connectivity index (χ2v) is 9.94. The molecule has 2 aromatic rings. The number of hydrogen-bond acceptors (Lipinski definition) is 4. The molecule has 2 heterocycles. The lowest BCUT2D eigenvalue weighted by Crippen LogP contribution is -2.49. The average molecular weight is 432 g/mol. The third kappa shape index (κ3) is 4.07. The van der Waals surface area contributed by atoms with Gasteiger partial charge in [-0.05, 0) is 87.9 Å². The highest BCUT2D eigenvalue weighted by molar-refractivity contribution is 8.18.